The van der Waals surface area contributed by atoms with Gasteiger partial charge in [-0.25, -0.2) is 0 Å². The van der Waals surface area contributed by atoms with Gasteiger partial charge < -0.3 is 10.1 Å². The number of hydrogen-bond acceptors (Lipinski definition) is 3. The fraction of sp³-hybridized carbons (Fsp3) is 0.818. The lowest BCUT2D eigenvalue weighted by Crippen LogP contribution is -2.37. The van der Waals surface area contributed by atoms with Gasteiger partial charge in [-0.15, -0.1) is 0 Å². The zero-order chi connectivity index (χ0) is 9.80. The van der Waals surface area contributed by atoms with E-state index in [-0.39, 0.29) is 0 Å². The van der Waals surface area contributed by atoms with Gasteiger partial charge in [0.05, 0.1) is 6.10 Å². The van der Waals surface area contributed by atoms with Gasteiger partial charge in [0.1, 0.15) is 0 Å². The van der Waals surface area contributed by atoms with E-state index in [9.17, 15) is 0 Å². The number of ether oxygens (including phenoxy) is 1. The van der Waals surface area contributed by atoms with Gasteiger partial charge in [-0.3, -0.25) is 4.90 Å². The molecule has 2 aliphatic heterocycles. The van der Waals surface area contributed by atoms with Crippen molar-refractivity contribution in [1.29, 1.82) is 0 Å². The van der Waals surface area contributed by atoms with Crippen LogP contribution in [0.15, 0.2) is 12.2 Å². The molecule has 1 saturated heterocycles. The Balaban J connectivity index is 1.81. The molecule has 3 nitrogen and oxygen atoms in total. The second kappa shape index (κ2) is 4.91. The molecule has 0 saturated carbocycles. The predicted molar refractivity (Wildman–Crippen MR) is 57.4 cm³/mol. The molecular formula is C11H20N2O. The number of rotatable bonds is 3. The maximum atomic E-state index is 5.46. The first-order valence-electron chi connectivity index (χ1n) is 5.51. The molecule has 0 spiro atoms. The van der Waals surface area contributed by atoms with E-state index in [0.717, 1.165) is 19.6 Å². The monoisotopic (exact) mass is 196 g/mol. The quantitative estimate of drug-likeness (QED) is 0.665. The average molecular weight is 196 g/mol. The smallest absolute Gasteiger partial charge is 0.0748 e. The first kappa shape index (κ1) is 10.1. The van der Waals surface area contributed by atoms with Crippen molar-refractivity contribution in [2.24, 2.45) is 5.92 Å². The van der Waals surface area contributed by atoms with Crippen molar-refractivity contribution >= 4 is 0 Å². The van der Waals surface area contributed by atoms with Crippen LogP contribution >= 0.6 is 0 Å². The minimum atomic E-state index is 0.418. The standard InChI is InChI=1S/C11H20N2O/c1-14-11-8-12-7-10(11)9-13-5-3-2-4-6-13/h2-3,10-12H,4-9H2,1H3. The summed E-state index contributed by atoms with van der Waals surface area (Å²) in [7, 11) is 1.82. The maximum Gasteiger partial charge on any atom is 0.0748 e. The molecule has 2 rings (SSSR count). The van der Waals surface area contributed by atoms with Crippen molar-refractivity contribution in [3.8, 4) is 0 Å². The van der Waals surface area contributed by atoms with Crippen LogP contribution in [0.4, 0.5) is 0 Å². The second-order valence-electron chi connectivity index (χ2n) is 4.21. The van der Waals surface area contributed by atoms with E-state index in [1.54, 1.807) is 0 Å². The van der Waals surface area contributed by atoms with Crippen molar-refractivity contribution in [2.75, 3.05) is 39.8 Å². The van der Waals surface area contributed by atoms with Gasteiger partial charge in [-0.1, -0.05) is 12.2 Å². The summed E-state index contributed by atoms with van der Waals surface area (Å²) in [5.74, 6) is 0.673. The Morgan fingerprint density at radius 1 is 1.43 bits per heavy atom. The van der Waals surface area contributed by atoms with Gasteiger partial charge in [-0.2, -0.15) is 0 Å². The van der Waals surface area contributed by atoms with Gasteiger partial charge in [-0.05, 0) is 6.42 Å². The van der Waals surface area contributed by atoms with Crippen molar-refractivity contribution in [3.63, 3.8) is 0 Å². The number of hydrogen-bond donors (Lipinski definition) is 1. The SMILES string of the molecule is COC1CNCC1CN1CC=CCC1. The molecule has 2 heterocycles. The van der Waals surface area contributed by atoms with Gasteiger partial charge in [0.2, 0.25) is 0 Å². The topological polar surface area (TPSA) is 24.5 Å². The Hall–Kier alpha value is -0.380. The molecule has 0 radical (unpaired) electrons. The summed E-state index contributed by atoms with van der Waals surface area (Å²) < 4.78 is 5.46. The molecular weight excluding hydrogens is 176 g/mol. The van der Waals surface area contributed by atoms with E-state index < -0.39 is 0 Å². The molecule has 0 aromatic heterocycles. The predicted octanol–water partition coefficient (Wildman–Crippen LogP) is 0.483. The van der Waals surface area contributed by atoms with Gasteiger partial charge in [0, 0.05) is 45.8 Å². The highest BCUT2D eigenvalue weighted by molar-refractivity contribution is 4.93. The maximum absolute atomic E-state index is 5.46. The molecule has 0 bridgehead atoms. The van der Waals surface area contributed by atoms with E-state index in [4.69, 9.17) is 4.74 Å². The Morgan fingerprint density at radius 3 is 3.07 bits per heavy atom. The highest BCUT2D eigenvalue weighted by atomic mass is 16.5. The van der Waals surface area contributed by atoms with Crippen molar-refractivity contribution in [1.82, 2.24) is 10.2 Å². The summed E-state index contributed by atoms with van der Waals surface area (Å²) >= 11 is 0. The van der Waals surface area contributed by atoms with Crippen LogP contribution in [0.5, 0.6) is 0 Å². The Kier molecular flexibility index (Phi) is 3.56. The van der Waals surface area contributed by atoms with Crippen molar-refractivity contribution in [2.45, 2.75) is 12.5 Å². The summed E-state index contributed by atoms with van der Waals surface area (Å²) in [6, 6.07) is 0. The van der Waals surface area contributed by atoms with Gasteiger partial charge in [0.25, 0.3) is 0 Å². The molecule has 0 aliphatic carbocycles. The molecule has 2 atom stereocenters. The van der Waals surface area contributed by atoms with Crippen LogP contribution in [-0.2, 0) is 4.74 Å². The summed E-state index contributed by atoms with van der Waals surface area (Å²) in [5.41, 5.74) is 0. The zero-order valence-electron chi connectivity index (χ0n) is 8.91. The lowest BCUT2D eigenvalue weighted by molar-refractivity contribution is 0.0672. The number of nitrogens with zero attached hydrogens (tertiary/aromatic N) is 1. The number of nitrogens with one attached hydrogen (secondary N) is 1. The Bertz CT molecular complexity index is 205. The minimum absolute atomic E-state index is 0.418. The first-order valence-corrected chi connectivity index (χ1v) is 5.51. The van der Waals surface area contributed by atoms with Crippen molar-refractivity contribution < 1.29 is 4.74 Å². The molecule has 3 heteroatoms. The molecule has 0 aromatic carbocycles. The molecule has 1 N–H and O–H groups in total. The summed E-state index contributed by atoms with van der Waals surface area (Å²) in [5, 5.41) is 3.39. The molecule has 80 valence electrons. The lowest BCUT2D eigenvalue weighted by Gasteiger charge is -2.28. The third kappa shape index (κ3) is 2.35. The molecule has 2 aliphatic rings. The van der Waals surface area contributed by atoms with Crippen LogP contribution < -0.4 is 5.32 Å². The van der Waals surface area contributed by atoms with Crippen molar-refractivity contribution in [3.05, 3.63) is 12.2 Å². The number of methoxy groups -OCH3 is 1. The fourth-order valence-electron chi connectivity index (χ4n) is 2.35. The molecule has 1 fully saturated rings. The minimum Gasteiger partial charge on any atom is -0.380 e. The molecule has 2 unspecified atom stereocenters. The van der Waals surface area contributed by atoms with E-state index >= 15 is 0 Å². The van der Waals surface area contributed by atoms with Crippen LogP contribution in [0.2, 0.25) is 0 Å². The fourth-order valence-corrected chi connectivity index (χ4v) is 2.35. The molecule has 0 aromatic rings. The average Bonchev–Trinajstić information content (AvgIpc) is 2.67. The Morgan fingerprint density at radius 2 is 2.36 bits per heavy atom. The summed E-state index contributed by atoms with van der Waals surface area (Å²) in [6.45, 7) is 5.63. The third-order valence-electron chi connectivity index (χ3n) is 3.22. The van der Waals surface area contributed by atoms with E-state index in [2.05, 4.69) is 22.4 Å². The third-order valence-corrected chi connectivity index (χ3v) is 3.22. The van der Waals surface area contributed by atoms with Crippen LogP contribution in [-0.4, -0.2) is 50.8 Å². The highest BCUT2D eigenvalue weighted by Crippen LogP contribution is 2.15. The van der Waals surface area contributed by atoms with Crippen LogP contribution in [0.1, 0.15) is 6.42 Å². The summed E-state index contributed by atoms with van der Waals surface area (Å²) in [6.07, 6.45) is 6.17. The van der Waals surface area contributed by atoms with Crippen LogP contribution in [0.25, 0.3) is 0 Å². The van der Waals surface area contributed by atoms with E-state index in [0.29, 0.717) is 12.0 Å². The molecule has 14 heavy (non-hydrogen) atoms. The largest absolute Gasteiger partial charge is 0.380 e. The first-order chi connectivity index (χ1) is 6.90. The van der Waals surface area contributed by atoms with Crippen LogP contribution in [0, 0.1) is 5.92 Å². The highest BCUT2D eigenvalue weighted by Gasteiger charge is 2.28. The van der Waals surface area contributed by atoms with E-state index in [1.165, 1.54) is 19.5 Å². The van der Waals surface area contributed by atoms with Crippen LogP contribution in [0.3, 0.4) is 0 Å². The Labute approximate surface area is 86.1 Å². The zero-order valence-corrected chi connectivity index (χ0v) is 8.91. The lowest BCUT2D eigenvalue weighted by atomic mass is 10.0. The van der Waals surface area contributed by atoms with E-state index in [1.807, 2.05) is 7.11 Å². The van der Waals surface area contributed by atoms with Gasteiger partial charge in [0.15, 0.2) is 0 Å². The second-order valence-corrected chi connectivity index (χ2v) is 4.21. The molecule has 0 amide bonds. The normalized spacial score (nSPS) is 33.8. The summed E-state index contributed by atoms with van der Waals surface area (Å²) in [4.78, 5) is 2.52. The van der Waals surface area contributed by atoms with Gasteiger partial charge >= 0.3 is 0 Å².